The highest BCUT2D eigenvalue weighted by atomic mass is 16.5. The Morgan fingerprint density at radius 2 is 1.47 bits per heavy atom. The first-order valence-corrected chi connectivity index (χ1v) is 5.72. The average molecular weight is 255 g/mol. The monoisotopic (exact) mass is 255 g/mol. The fourth-order valence-corrected chi connectivity index (χ4v) is 1.76. The number of hydrogen-bond acceptors (Lipinski definition) is 4. The molecule has 0 fully saturated rings. The van der Waals surface area contributed by atoms with E-state index in [0.29, 0.717) is 11.3 Å². The summed E-state index contributed by atoms with van der Waals surface area (Å²) in [5.74, 6) is -0.395. The molecule has 0 aromatic heterocycles. The Hall–Kier alpha value is -2.62. The van der Waals surface area contributed by atoms with Gasteiger partial charge in [-0.05, 0) is 12.1 Å². The van der Waals surface area contributed by atoms with Crippen LogP contribution >= 0.6 is 0 Å². The summed E-state index contributed by atoms with van der Waals surface area (Å²) in [6.45, 7) is 0. The first-order chi connectivity index (χ1) is 9.26. The molecule has 0 spiro atoms. The third kappa shape index (κ3) is 2.80. The van der Waals surface area contributed by atoms with E-state index >= 15 is 0 Å². The highest BCUT2D eigenvalue weighted by Crippen LogP contribution is 2.12. The van der Waals surface area contributed by atoms with Crippen molar-refractivity contribution in [2.45, 2.75) is 0 Å². The molecular weight excluding hydrogens is 242 g/mol. The van der Waals surface area contributed by atoms with Crippen LogP contribution in [0.5, 0.6) is 0 Å². The van der Waals surface area contributed by atoms with Crippen molar-refractivity contribution in [2.24, 2.45) is 5.16 Å². The maximum atomic E-state index is 11.3. The third-order valence-corrected chi connectivity index (χ3v) is 2.73. The second kappa shape index (κ2) is 5.82. The Bertz CT molecular complexity index is 589. The summed E-state index contributed by atoms with van der Waals surface area (Å²) in [5, 5.41) is 12.5. The van der Waals surface area contributed by atoms with Crippen molar-refractivity contribution >= 4 is 11.7 Å². The van der Waals surface area contributed by atoms with Crippen molar-refractivity contribution < 1.29 is 14.7 Å². The molecule has 0 radical (unpaired) electrons. The van der Waals surface area contributed by atoms with Crippen LogP contribution in [-0.4, -0.2) is 24.0 Å². The summed E-state index contributed by atoms with van der Waals surface area (Å²) in [6, 6.07) is 16.0. The van der Waals surface area contributed by atoms with Gasteiger partial charge >= 0.3 is 5.97 Å². The molecule has 0 aliphatic carbocycles. The molecule has 0 bridgehead atoms. The van der Waals surface area contributed by atoms with Gasteiger partial charge in [0.2, 0.25) is 0 Å². The lowest BCUT2D eigenvalue weighted by Crippen LogP contribution is -2.05. The topological polar surface area (TPSA) is 58.9 Å². The van der Waals surface area contributed by atoms with E-state index in [-0.39, 0.29) is 0 Å². The van der Waals surface area contributed by atoms with E-state index < -0.39 is 5.97 Å². The lowest BCUT2D eigenvalue weighted by atomic mass is 10.0. The van der Waals surface area contributed by atoms with E-state index in [2.05, 4.69) is 9.89 Å². The number of oxime groups is 1. The zero-order valence-electron chi connectivity index (χ0n) is 10.4. The van der Waals surface area contributed by atoms with Gasteiger partial charge in [0.05, 0.1) is 12.7 Å². The maximum Gasteiger partial charge on any atom is 0.337 e. The van der Waals surface area contributed by atoms with Crippen molar-refractivity contribution in [3.63, 3.8) is 0 Å². The molecule has 0 atom stereocenters. The van der Waals surface area contributed by atoms with Gasteiger partial charge in [0.15, 0.2) is 0 Å². The Morgan fingerprint density at radius 3 is 2.00 bits per heavy atom. The van der Waals surface area contributed by atoms with Crippen LogP contribution in [-0.2, 0) is 4.74 Å². The summed E-state index contributed by atoms with van der Waals surface area (Å²) in [6.07, 6.45) is 0. The van der Waals surface area contributed by atoms with E-state index in [1.54, 1.807) is 24.3 Å². The molecule has 2 aromatic rings. The molecule has 0 unspecified atom stereocenters. The molecule has 1 N–H and O–H groups in total. The predicted molar refractivity (Wildman–Crippen MR) is 71.6 cm³/mol. The van der Waals surface area contributed by atoms with E-state index in [4.69, 9.17) is 5.21 Å². The van der Waals surface area contributed by atoms with Crippen molar-refractivity contribution in [3.05, 3.63) is 71.3 Å². The lowest BCUT2D eigenvalue weighted by molar-refractivity contribution is 0.0600. The summed E-state index contributed by atoms with van der Waals surface area (Å²) in [4.78, 5) is 11.3. The molecule has 4 nitrogen and oxygen atoms in total. The van der Waals surface area contributed by atoms with E-state index in [1.807, 2.05) is 30.3 Å². The van der Waals surface area contributed by atoms with Crippen LogP contribution < -0.4 is 0 Å². The number of carbonyl (C=O) groups is 1. The maximum absolute atomic E-state index is 11.3. The molecule has 0 saturated carbocycles. The normalized spacial score (nSPS) is 11.1. The molecule has 0 amide bonds. The molecule has 96 valence electrons. The number of nitrogens with zero attached hydrogens (tertiary/aromatic N) is 1. The standard InChI is InChI=1S/C15H13NO3/c1-19-15(17)13-9-7-12(8-10-13)14(16-18)11-5-3-2-4-6-11/h2-10,18H,1H3. The number of esters is 1. The number of methoxy groups -OCH3 is 1. The molecule has 4 heteroatoms. The van der Waals surface area contributed by atoms with Crippen LogP contribution in [0.1, 0.15) is 21.5 Å². The van der Waals surface area contributed by atoms with Crippen molar-refractivity contribution in [3.8, 4) is 0 Å². The molecule has 2 rings (SSSR count). The number of carbonyl (C=O) groups excluding carboxylic acids is 1. The van der Waals surface area contributed by atoms with E-state index in [9.17, 15) is 4.79 Å². The first kappa shape index (κ1) is 12.8. The molecule has 0 saturated heterocycles. The number of hydrogen-bond donors (Lipinski definition) is 1. The fraction of sp³-hybridized carbons (Fsp3) is 0.0667. The zero-order valence-corrected chi connectivity index (χ0v) is 10.4. The zero-order chi connectivity index (χ0) is 13.7. The van der Waals surface area contributed by atoms with Crippen LogP contribution in [0.2, 0.25) is 0 Å². The predicted octanol–water partition coefficient (Wildman–Crippen LogP) is 2.70. The molecule has 0 aliphatic heterocycles. The molecule has 2 aromatic carbocycles. The van der Waals surface area contributed by atoms with Crippen molar-refractivity contribution in [1.82, 2.24) is 0 Å². The van der Waals surface area contributed by atoms with Gasteiger partial charge in [-0.15, -0.1) is 0 Å². The molecular formula is C15H13NO3. The van der Waals surface area contributed by atoms with Gasteiger partial charge in [-0.2, -0.15) is 0 Å². The Labute approximate surface area is 111 Å². The number of rotatable bonds is 3. The van der Waals surface area contributed by atoms with Gasteiger partial charge in [-0.25, -0.2) is 4.79 Å². The Balaban J connectivity index is 2.33. The largest absolute Gasteiger partial charge is 0.465 e. The summed E-state index contributed by atoms with van der Waals surface area (Å²) in [5.41, 5.74) is 2.44. The van der Waals surface area contributed by atoms with E-state index in [0.717, 1.165) is 11.1 Å². The summed E-state index contributed by atoms with van der Waals surface area (Å²) < 4.78 is 4.63. The average Bonchev–Trinajstić information content (AvgIpc) is 2.49. The van der Waals surface area contributed by atoms with Gasteiger partial charge in [0.25, 0.3) is 0 Å². The second-order valence-corrected chi connectivity index (χ2v) is 3.88. The SMILES string of the molecule is COC(=O)c1ccc(C(=NO)c2ccccc2)cc1. The van der Waals surface area contributed by atoms with Gasteiger partial charge in [-0.3, -0.25) is 0 Å². The quantitative estimate of drug-likeness (QED) is 0.397. The minimum atomic E-state index is -0.395. The summed E-state index contributed by atoms with van der Waals surface area (Å²) >= 11 is 0. The fourth-order valence-electron chi connectivity index (χ4n) is 1.76. The highest BCUT2D eigenvalue weighted by Gasteiger charge is 2.09. The molecule has 0 aliphatic rings. The van der Waals surface area contributed by atoms with Crippen molar-refractivity contribution in [1.29, 1.82) is 0 Å². The highest BCUT2D eigenvalue weighted by molar-refractivity contribution is 6.12. The van der Waals surface area contributed by atoms with Crippen LogP contribution in [0.15, 0.2) is 59.8 Å². The van der Waals surface area contributed by atoms with Gasteiger partial charge in [0.1, 0.15) is 5.71 Å². The lowest BCUT2D eigenvalue weighted by Gasteiger charge is -2.05. The second-order valence-electron chi connectivity index (χ2n) is 3.88. The smallest absolute Gasteiger partial charge is 0.337 e. The third-order valence-electron chi connectivity index (χ3n) is 2.73. The van der Waals surface area contributed by atoms with E-state index in [1.165, 1.54) is 7.11 Å². The molecule has 0 heterocycles. The van der Waals surface area contributed by atoms with Crippen LogP contribution in [0, 0.1) is 0 Å². The van der Waals surface area contributed by atoms with Gasteiger partial charge in [0, 0.05) is 11.1 Å². The van der Waals surface area contributed by atoms with Crippen LogP contribution in [0.3, 0.4) is 0 Å². The number of benzene rings is 2. The first-order valence-electron chi connectivity index (χ1n) is 5.72. The Morgan fingerprint density at radius 1 is 0.947 bits per heavy atom. The molecule has 19 heavy (non-hydrogen) atoms. The van der Waals surface area contributed by atoms with Crippen molar-refractivity contribution in [2.75, 3.05) is 7.11 Å². The minimum Gasteiger partial charge on any atom is -0.465 e. The summed E-state index contributed by atoms with van der Waals surface area (Å²) in [7, 11) is 1.33. The van der Waals surface area contributed by atoms with Gasteiger partial charge < -0.3 is 9.94 Å². The van der Waals surface area contributed by atoms with Gasteiger partial charge in [-0.1, -0.05) is 47.6 Å². The van der Waals surface area contributed by atoms with Crippen LogP contribution in [0.25, 0.3) is 0 Å². The number of ether oxygens (including phenoxy) is 1. The van der Waals surface area contributed by atoms with Crippen LogP contribution in [0.4, 0.5) is 0 Å². The minimum absolute atomic E-state index is 0.395. The Kier molecular flexibility index (Phi) is 3.93.